The molecule has 0 saturated carbocycles. The van der Waals surface area contributed by atoms with Gasteiger partial charge in [-0.3, -0.25) is 4.79 Å². The highest BCUT2D eigenvalue weighted by Crippen LogP contribution is 2.16. The van der Waals surface area contributed by atoms with Crippen LogP contribution >= 0.6 is 0 Å². The molecule has 0 bridgehead atoms. The van der Waals surface area contributed by atoms with Crippen LogP contribution in [0.15, 0.2) is 16.9 Å². The van der Waals surface area contributed by atoms with Crippen LogP contribution in [0.5, 0.6) is 0 Å². The van der Waals surface area contributed by atoms with Crippen molar-refractivity contribution in [3.05, 3.63) is 28.2 Å². The Balaban J connectivity index is 2.29. The second-order valence-electron chi connectivity index (χ2n) is 5.03. The number of aromatic amines is 1. The quantitative estimate of drug-likeness (QED) is 0.812. The SMILES string of the molecule is CC(C)c1ccc(N2CCNCC2C)c(=O)[nH]1. The molecule has 0 spiro atoms. The predicted octanol–water partition coefficient (Wildman–Crippen LogP) is 1.30. The first kappa shape index (κ1) is 12.2. The number of anilines is 1. The lowest BCUT2D eigenvalue weighted by molar-refractivity contribution is 0.499. The highest BCUT2D eigenvalue weighted by molar-refractivity contribution is 5.46. The van der Waals surface area contributed by atoms with Crippen LogP contribution in [0.25, 0.3) is 0 Å². The molecule has 2 N–H and O–H groups in total. The summed E-state index contributed by atoms with van der Waals surface area (Å²) in [6.07, 6.45) is 0. The van der Waals surface area contributed by atoms with Crippen molar-refractivity contribution in [1.82, 2.24) is 10.3 Å². The van der Waals surface area contributed by atoms with Crippen LogP contribution in [0.4, 0.5) is 5.69 Å². The smallest absolute Gasteiger partial charge is 0.271 e. The van der Waals surface area contributed by atoms with E-state index in [4.69, 9.17) is 0 Å². The third-order valence-electron chi connectivity index (χ3n) is 3.34. The third-order valence-corrected chi connectivity index (χ3v) is 3.34. The first-order valence-electron chi connectivity index (χ1n) is 6.30. The van der Waals surface area contributed by atoms with Gasteiger partial charge < -0.3 is 15.2 Å². The Labute approximate surface area is 102 Å². The third kappa shape index (κ3) is 2.52. The lowest BCUT2D eigenvalue weighted by Gasteiger charge is -2.35. The zero-order valence-corrected chi connectivity index (χ0v) is 10.8. The summed E-state index contributed by atoms with van der Waals surface area (Å²) in [7, 11) is 0. The van der Waals surface area contributed by atoms with E-state index < -0.39 is 0 Å². The monoisotopic (exact) mass is 235 g/mol. The molecule has 4 nitrogen and oxygen atoms in total. The number of hydrogen-bond donors (Lipinski definition) is 2. The fraction of sp³-hybridized carbons (Fsp3) is 0.615. The number of H-pyrrole nitrogens is 1. The zero-order valence-electron chi connectivity index (χ0n) is 10.8. The molecule has 1 aromatic rings. The lowest BCUT2D eigenvalue weighted by atomic mass is 10.1. The Morgan fingerprint density at radius 3 is 2.76 bits per heavy atom. The van der Waals surface area contributed by atoms with Crippen LogP contribution in [-0.4, -0.2) is 30.7 Å². The summed E-state index contributed by atoms with van der Waals surface area (Å²) in [6.45, 7) is 9.07. The van der Waals surface area contributed by atoms with E-state index in [0.29, 0.717) is 12.0 Å². The van der Waals surface area contributed by atoms with Crippen LogP contribution in [0.3, 0.4) is 0 Å². The topological polar surface area (TPSA) is 48.1 Å². The maximum atomic E-state index is 12.1. The number of rotatable bonds is 2. The number of hydrogen-bond acceptors (Lipinski definition) is 3. The molecule has 0 aromatic carbocycles. The second kappa shape index (κ2) is 4.92. The molecule has 0 aliphatic carbocycles. The van der Waals surface area contributed by atoms with E-state index in [-0.39, 0.29) is 5.56 Å². The van der Waals surface area contributed by atoms with Gasteiger partial charge in [0, 0.05) is 31.4 Å². The molecular weight excluding hydrogens is 214 g/mol. The van der Waals surface area contributed by atoms with E-state index in [1.54, 1.807) is 0 Å². The van der Waals surface area contributed by atoms with Crippen molar-refractivity contribution >= 4 is 5.69 Å². The molecular formula is C13H21N3O. The zero-order chi connectivity index (χ0) is 12.4. The van der Waals surface area contributed by atoms with Crippen molar-refractivity contribution in [2.75, 3.05) is 24.5 Å². The number of nitrogens with one attached hydrogen (secondary N) is 2. The van der Waals surface area contributed by atoms with Gasteiger partial charge in [0.25, 0.3) is 5.56 Å². The standard InChI is InChI=1S/C13H21N3O/c1-9(2)11-4-5-12(13(17)15-11)16-7-6-14-8-10(16)3/h4-5,9-10,14H,6-8H2,1-3H3,(H,15,17). The van der Waals surface area contributed by atoms with Gasteiger partial charge in [0.15, 0.2) is 0 Å². The number of pyridine rings is 1. The molecule has 1 atom stereocenters. The molecule has 1 aliphatic rings. The molecule has 1 fully saturated rings. The Kier molecular flexibility index (Phi) is 3.52. The summed E-state index contributed by atoms with van der Waals surface area (Å²) < 4.78 is 0. The van der Waals surface area contributed by atoms with Crippen molar-refractivity contribution in [2.24, 2.45) is 0 Å². The minimum absolute atomic E-state index is 0.0324. The summed E-state index contributed by atoms with van der Waals surface area (Å²) >= 11 is 0. The molecule has 1 aliphatic heterocycles. The molecule has 1 unspecified atom stereocenters. The van der Waals surface area contributed by atoms with Gasteiger partial charge in [-0.1, -0.05) is 13.8 Å². The Morgan fingerprint density at radius 2 is 2.18 bits per heavy atom. The van der Waals surface area contributed by atoms with E-state index in [0.717, 1.165) is 31.0 Å². The fourth-order valence-corrected chi connectivity index (χ4v) is 2.24. The van der Waals surface area contributed by atoms with Crippen molar-refractivity contribution in [2.45, 2.75) is 32.7 Å². The highest BCUT2D eigenvalue weighted by atomic mass is 16.1. The molecule has 0 amide bonds. The lowest BCUT2D eigenvalue weighted by Crippen LogP contribution is -2.51. The van der Waals surface area contributed by atoms with Gasteiger partial charge >= 0.3 is 0 Å². The van der Waals surface area contributed by atoms with E-state index in [9.17, 15) is 4.79 Å². The minimum Gasteiger partial charge on any atom is -0.362 e. The first-order valence-corrected chi connectivity index (χ1v) is 6.30. The molecule has 1 aromatic heterocycles. The Bertz CT molecular complexity index is 439. The van der Waals surface area contributed by atoms with Gasteiger partial charge in [-0.25, -0.2) is 0 Å². The van der Waals surface area contributed by atoms with Gasteiger partial charge in [-0.15, -0.1) is 0 Å². The van der Waals surface area contributed by atoms with E-state index in [1.807, 2.05) is 12.1 Å². The average molecular weight is 235 g/mol. The maximum Gasteiger partial charge on any atom is 0.271 e. The van der Waals surface area contributed by atoms with Crippen molar-refractivity contribution in [3.8, 4) is 0 Å². The van der Waals surface area contributed by atoms with Crippen LogP contribution < -0.4 is 15.8 Å². The Morgan fingerprint density at radius 1 is 1.41 bits per heavy atom. The summed E-state index contributed by atoms with van der Waals surface area (Å²) in [5.74, 6) is 0.359. The summed E-state index contributed by atoms with van der Waals surface area (Å²) in [5.41, 5.74) is 1.83. The van der Waals surface area contributed by atoms with Gasteiger partial charge in [0.1, 0.15) is 5.69 Å². The molecule has 2 heterocycles. The number of nitrogens with zero attached hydrogens (tertiary/aromatic N) is 1. The first-order chi connectivity index (χ1) is 8.09. The summed E-state index contributed by atoms with van der Waals surface area (Å²) in [4.78, 5) is 17.2. The maximum absolute atomic E-state index is 12.1. The van der Waals surface area contributed by atoms with E-state index >= 15 is 0 Å². The van der Waals surface area contributed by atoms with Gasteiger partial charge in [-0.05, 0) is 25.0 Å². The van der Waals surface area contributed by atoms with Gasteiger partial charge in [-0.2, -0.15) is 0 Å². The number of aromatic nitrogens is 1. The van der Waals surface area contributed by atoms with E-state index in [1.165, 1.54) is 0 Å². The van der Waals surface area contributed by atoms with Crippen molar-refractivity contribution in [3.63, 3.8) is 0 Å². The van der Waals surface area contributed by atoms with Gasteiger partial charge in [0.2, 0.25) is 0 Å². The minimum atomic E-state index is 0.0324. The molecule has 94 valence electrons. The van der Waals surface area contributed by atoms with Gasteiger partial charge in [0.05, 0.1) is 0 Å². The largest absolute Gasteiger partial charge is 0.362 e. The van der Waals surface area contributed by atoms with E-state index in [2.05, 4.69) is 36.0 Å². The molecule has 0 radical (unpaired) electrons. The number of piperazine rings is 1. The fourth-order valence-electron chi connectivity index (χ4n) is 2.24. The van der Waals surface area contributed by atoms with Crippen LogP contribution in [0.2, 0.25) is 0 Å². The predicted molar refractivity (Wildman–Crippen MR) is 70.8 cm³/mol. The molecule has 2 rings (SSSR count). The molecule has 1 saturated heterocycles. The second-order valence-corrected chi connectivity index (χ2v) is 5.03. The van der Waals surface area contributed by atoms with Crippen molar-refractivity contribution < 1.29 is 0 Å². The van der Waals surface area contributed by atoms with Crippen LogP contribution in [-0.2, 0) is 0 Å². The van der Waals surface area contributed by atoms with Crippen LogP contribution in [0.1, 0.15) is 32.4 Å². The van der Waals surface area contributed by atoms with Crippen molar-refractivity contribution in [1.29, 1.82) is 0 Å². The molecule has 4 heteroatoms. The highest BCUT2D eigenvalue weighted by Gasteiger charge is 2.20. The summed E-state index contributed by atoms with van der Waals surface area (Å²) in [6, 6.07) is 4.35. The average Bonchev–Trinajstić information content (AvgIpc) is 2.30. The summed E-state index contributed by atoms with van der Waals surface area (Å²) in [5, 5.41) is 3.33. The van der Waals surface area contributed by atoms with Crippen LogP contribution in [0, 0.1) is 0 Å². The molecule has 17 heavy (non-hydrogen) atoms. The Hall–Kier alpha value is -1.29. The normalized spacial score (nSPS) is 20.9.